The van der Waals surface area contributed by atoms with Gasteiger partial charge in [-0.3, -0.25) is 4.99 Å². The first-order valence-corrected chi connectivity index (χ1v) is 16.1. The van der Waals surface area contributed by atoms with E-state index in [9.17, 15) is 0 Å². The maximum absolute atomic E-state index is 5.98. The molecule has 0 fully saturated rings. The summed E-state index contributed by atoms with van der Waals surface area (Å²) in [4.78, 5) is 4.79. The van der Waals surface area contributed by atoms with Gasteiger partial charge in [0.2, 0.25) is 0 Å². The third kappa shape index (κ3) is 10.7. The van der Waals surface area contributed by atoms with Gasteiger partial charge in [0.25, 0.3) is 0 Å². The lowest BCUT2D eigenvalue weighted by atomic mass is 10.1. The smallest absolute Gasteiger partial charge is 0.119 e. The van der Waals surface area contributed by atoms with Crippen molar-refractivity contribution >= 4 is 45.7 Å². The van der Waals surface area contributed by atoms with Crippen molar-refractivity contribution in [3.8, 4) is 5.75 Å². The summed E-state index contributed by atoms with van der Waals surface area (Å²) >= 11 is 5.98. The molecule has 5 heteroatoms. The number of hydrogen-bond donors (Lipinski definition) is 0. The molecule has 0 N–H and O–H groups in total. The second kappa shape index (κ2) is 18.1. The average molecular weight is 582 g/mol. The van der Waals surface area contributed by atoms with Crippen LogP contribution in [0.1, 0.15) is 89.5 Å². The van der Waals surface area contributed by atoms with Crippen molar-refractivity contribution in [2.24, 2.45) is 15.2 Å². The summed E-state index contributed by atoms with van der Waals surface area (Å²) in [5.41, 5.74) is 3.48. The Hall–Kier alpha value is -3.50. The lowest BCUT2D eigenvalue weighted by molar-refractivity contribution is 0.304. The van der Waals surface area contributed by atoms with Crippen molar-refractivity contribution in [1.29, 1.82) is 0 Å². The minimum atomic E-state index is 0.679. The van der Waals surface area contributed by atoms with Gasteiger partial charge in [-0.1, -0.05) is 113 Å². The number of ether oxygens (including phenoxy) is 1. The molecular formula is C37H44ClN3O. The van der Waals surface area contributed by atoms with E-state index in [1.807, 2.05) is 72.9 Å². The first kappa shape index (κ1) is 31.4. The summed E-state index contributed by atoms with van der Waals surface area (Å²) in [5.74, 6) is 0.913. The molecule has 4 aromatic carbocycles. The Morgan fingerprint density at radius 3 is 1.81 bits per heavy atom. The number of benzene rings is 4. The van der Waals surface area contributed by atoms with E-state index in [0.29, 0.717) is 5.02 Å². The van der Waals surface area contributed by atoms with E-state index in [-0.39, 0.29) is 0 Å². The standard InChI is InChI=1S/C37H44ClN3O/c1-2-3-4-5-6-7-8-9-10-11-12-15-28-42-33-24-18-30(19-25-33)29-39-36-26-27-37(35-17-14-13-16-34(35)36)41-40-32-22-20-31(38)21-23-32/h13-14,16-27,29H,2-12,15,28H2,1H3. The van der Waals surface area contributed by atoms with E-state index in [4.69, 9.17) is 21.3 Å². The van der Waals surface area contributed by atoms with Crippen molar-refractivity contribution in [3.05, 3.63) is 95.5 Å². The summed E-state index contributed by atoms with van der Waals surface area (Å²) in [7, 11) is 0. The Balaban J connectivity index is 1.20. The molecule has 42 heavy (non-hydrogen) atoms. The molecule has 0 heterocycles. The van der Waals surface area contributed by atoms with E-state index in [2.05, 4.69) is 35.4 Å². The van der Waals surface area contributed by atoms with E-state index >= 15 is 0 Å². The van der Waals surface area contributed by atoms with Crippen LogP contribution < -0.4 is 4.74 Å². The molecule has 0 spiro atoms. The van der Waals surface area contributed by atoms with Gasteiger partial charge in [0.1, 0.15) is 5.75 Å². The van der Waals surface area contributed by atoms with Crippen LogP contribution in [0.3, 0.4) is 0 Å². The highest BCUT2D eigenvalue weighted by Crippen LogP contribution is 2.34. The molecule has 4 rings (SSSR count). The van der Waals surface area contributed by atoms with Crippen LogP contribution in [-0.4, -0.2) is 12.8 Å². The molecule has 0 saturated heterocycles. The normalized spacial score (nSPS) is 11.7. The second-order valence-corrected chi connectivity index (χ2v) is 11.3. The van der Waals surface area contributed by atoms with Gasteiger partial charge in [-0.25, -0.2) is 0 Å². The molecule has 0 radical (unpaired) electrons. The first-order chi connectivity index (χ1) is 20.7. The van der Waals surface area contributed by atoms with Gasteiger partial charge in [0.15, 0.2) is 0 Å². The molecule has 0 aliphatic rings. The highest BCUT2D eigenvalue weighted by Gasteiger charge is 2.05. The second-order valence-electron chi connectivity index (χ2n) is 10.9. The zero-order chi connectivity index (χ0) is 29.2. The van der Waals surface area contributed by atoms with Crippen LogP contribution in [0.5, 0.6) is 5.75 Å². The molecule has 0 atom stereocenters. The third-order valence-electron chi connectivity index (χ3n) is 7.48. The molecule has 0 bridgehead atoms. The molecule has 0 saturated carbocycles. The van der Waals surface area contributed by atoms with Crippen LogP contribution in [0, 0.1) is 0 Å². The molecule has 0 amide bonds. The Bertz CT molecular complexity index is 1400. The Morgan fingerprint density at radius 2 is 1.17 bits per heavy atom. The predicted molar refractivity (Wildman–Crippen MR) is 180 cm³/mol. The number of aliphatic imine (C=N–C) groups is 1. The summed E-state index contributed by atoms with van der Waals surface area (Å²) in [6.07, 6.45) is 18.1. The van der Waals surface area contributed by atoms with Crippen molar-refractivity contribution in [2.45, 2.75) is 84.0 Å². The van der Waals surface area contributed by atoms with Crippen LogP contribution in [-0.2, 0) is 0 Å². The monoisotopic (exact) mass is 581 g/mol. The number of fused-ring (bicyclic) bond motifs is 1. The van der Waals surface area contributed by atoms with Gasteiger partial charge in [0, 0.05) is 22.0 Å². The molecule has 220 valence electrons. The molecule has 0 aromatic heterocycles. The maximum Gasteiger partial charge on any atom is 0.119 e. The summed E-state index contributed by atoms with van der Waals surface area (Å²) in [5, 5.41) is 11.6. The number of unbranched alkanes of at least 4 members (excludes halogenated alkanes) is 11. The van der Waals surface area contributed by atoms with E-state index in [1.54, 1.807) is 0 Å². The quantitative estimate of drug-likeness (QED) is 0.0654. The highest BCUT2D eigenvalue weighted by molar-refractivity contribution is 6.30. The minimum absolute atomic E-state index is 0.679. The largest absolute Gasteiger partial charge is 0.494 e. The van der Waals surface area contributed by atoms with Gasteiger partial charge < -0.3 is 4.74 Å². The van der Waals surface area contributed by atoms with Crippen LogP contribution in [0.2, 0.25) is 5.02 Å². The number of nitrogens with zero attached hydrogens (tertiary/aromatic N) is 3. The fourth-order valence-corrected chi connectivity index (χ4v) is 5.14. The van der Waals surface area contributed by atoms with Gasteiger partial charge in [0.05, 0.1) is 23.7 Å². The van der Waals surface area contributed by atoms with Gasteiger partial charge in [-0.2, -0.15) is 5.11 Å². The molecule has 0 aliphatic heterocycles. The Labute approximate surface area is 256 Å². The molecule has 0 aliphatic carbocycles. The van der Waals surface area contributed by atoms with E-state index in [0.717, 1.165) is 52.2 Å². The Kier molecular flexibility index (Phi) is 13.6. The average Bonchev–Trinajstić information content (AvgIpc) is 3.03. The van der Waals surface area contributed by atoms with Gasteiger partial charge in [-0.15, -0.1) is 5.11 Å². The maximum atomic E-state index is 5.98. The summed E-state index contributed by atoms with van der Waals surface area (Å²) in [6.45, 7) is 3.06. The predicted octanol–water partition coefficient (Wildman–Crippen LogP) is 12.7. The number of halogens is 1. The summed E-state index contributed by atoms with van der Waals surface area (Å²) < 4.78 is 5.98. The van der Waals surface area contributed by atoms with Crippen LogP contribution in [0.25, 0.3) is 10.8 Å². The number of rotatable bonds is 18. The molecule has 0 unspecified atom stereocenters. The van der Waals surface area contributed by atoms with Crippen LogP contribution in [0.4, 0.5) is 17.1 Å². The summed E-state index contributed by atoms with van der Waals surface area (Å²) in [6, 6.07) is 27.6. The van der Waals surface area contributed by atoms with Crippen LogP contribution >= 0.6 is 11.6 Å². The number of azo groups is 1. The first-order valence-electron chi connectivity index (χ1n) is 15.7. The SMILES string of the molecule is CCCCCCCCCCCCCCOc1ccc(C=Nc2ccc(N=Nc3ccc(Cl)cc3)c3ccccc23)cc1. The van der Waals surface area contributed by atoms with Crippen molar-refractivity contribution < 1.29 is 4.74 Å². The zero-order valence-corrected chi connectivity index (χ0v) is 25.7. The fraction of sp³-hybridized carbons (Fsp3) is 0.378. The van der Waals surface area contributed by atoms with Crippen molar-refractivity contribution in [1.82, 2.24) is 0 Å². The molecule has 4 nitrogen and oxygen atoms in total. The fourth-order valence-electron chi connectivity index (χ4n) is 5.01. The van der Waals surface area contributed by atoms with Crippen molar-refractivity contribution in [3.63, 3.8) is 0 Å². The van der Waals surface area contributed by atoms with E-state index in [1.165, 1.54) is 70.6 Å². The third-order valence-corrected chi connectivity index (χ3v) is 7.73. The van der Waals surface area contributed by atoms with Crippen molar-refractivity contribution in [2.75, 3.05) is 6.61 Å². The topological polar surface area (TPSA) is 46.3 Å². The number of hydrogen-bond acceptors (Lipinski definition) is 4. The van der Waals surface area contributed by atoms with Gasteiger partial charge >= 0.3 is 0 Å². The highest BCUT2D eigenvalue weighted by atomic mass is 35.5. The molecule has 4 aromatic rings. The Morgan fingerprint density at radius 1 is 0.595 bits per heavy atom. The zero-order valence-electron chi connectivity index (χ0n) is 25.0. The molecular weight excluding hydrogens is 538 g/mol. The van der Waals surface area contributed by atoms with Crippen LogP contribution in [0.15, 0.2) is 100 Å². The minimum Gasteiger partial charge on any atom is -0.494 e. The lowest BCUT2D eigenvalue weighted by Gasteiger charge is -2.07. The van der Waals surface area contributed by atoms with E-state index < -0.39 is 0 Å². The van der Waals surface area contributed by atoms with Gasteiger partial charge in [-0.05, 0) is 72.6 Å². The lowest BCUT2D eigenvalue weighted by Crippen LogP contribution is -1.97.